The molecule has 1 atom stereocenters. The number of methoxy groups -OCH3 is 1. The Morgan fingerprint density at radius 2 is 2.00 bits per heavy atom. The van der Waals surface area contributed by atoms with Gasteiger partial charge in [-0.05, 0) is 18.8 Å². The summed E-state index contributed by atoms with van der Waals surface area (Å²) in [5.74, 6) is 0.728. The van der Waals surface area contributed by atoms with E-state index in [1.54, 1.807) is 7.11 Å². The fraction of sp³-hybridized carbons (Fsp3) is 1.00. The maximum absolute atomic E-state index is 5.63. The molecule has 0 amide bonds. The van der Waals surface area contributed by atoms with Crippen molar-refractivity contribution in [2.24, 2.45) is 11.7 Å². The third kappa shape index (κ3) is 3.95. The van der Waals surface area contributed by atoms with Crippen molar-refractivity contribution in [3.63, 3.8) is 0 Å². The molecule has 1 rings (SSSR count). The lowest BCUT2D eigenvalue weighted by atomic mass is 10.2. The summed E-state index contributed by atoms with van der Waals surface area (Å²) in [6.07, 6.45) is 2.91. The molecule has 3 nitrogen and oxygen atoms in total. The summed E-state index contributed by atoms with van der Waals surface area (Å²) in [6, 6.07) is 0.807. The van der Waals surface area contributed by atoms with Gasteiger partial charge in [0.1, 0.15) is 0 Å². The van der Waals surface area contributed by atoms with Crippen molar-refractivity contribution in [3.05, 3.63) is 0 Å². The maximum atomic E-state index is 5.63. The first-order valence-electron chi connectivity index (χ1n) is 5.64. The molecule has 3 heteroatoms. The van der Waals surface area contributed by atoms with E-state index in [1.807, 2.05) is 0 Å². The van der Waals surface area contributed by atoms with E-state index in [-0.39, 0.29) is 6.10 Å². The Balaban J connectivity index is 2.33. The molecule has 0 saturated heterocycles. The predicted molar refractivity (Wildman–Crippen MR) is 59.3 cm³/mol. The van der Waals surface area contributed by atoms with E-state index in [0.717, 1.165) is 18.5 Å². The van der Waals surface area contributed by atoms with E-state index in [2.05, 4.69) is 18.7 Å². The largest absolute Gasteiger partial charge is 0.379 e. The predicted octanol–water partition coefficient (Wildman–Crippen LogP) is 1.08. The van der Waals surface area contributed by atoms with Gasteiger partial charge in [0.15, 0.2) is 0 Å². The summed E-state index contributed by atoms with van der Waals surface area (Å²) in [5, 5.41) is 0. The van der Waals surface area contributed by atoms with Crippen LogP contribution in [0.2, 0.25) is 0 Å². The minimum atomic E-state index is 0.203. The minimum Gasteiger partial charge on any atom is -0.379 e. The summed E-state index contributed by atoms with van der Waals surface area (Å²) in [6.45, 7) is 7.32. The van der Waals surface area contributed by atoms with Crippen molar-refractivity contribution in [2.75, 3.05) is 26.7 Å². The van der Waals surface area contributed by atoms with Crippen LogP contribution in [0.25, 0.3) is 0 Å². The quantitative estimate of drug-likeness (QED) is 0.668. The van der Waals surface area contributed by atoms with Crippen molar-refractivity contribution in [1.29, 1.82) is 0 Å². The van der Waals surface area contributed by atoms with Crippen molar-refractivity contribution < 1.29 is 4.74 Å². The van der Waals surface area contributed by atoms with Gasteiger partial charge in [0.25, 0.3) is 0 Å². The van der Waals surface area contributed by atoms with E-state index in [0.29, 0.717) is 6.54 Å². The standard InChI is InChI=1S/C11H24N2O/c1-9(2)7-13(10-4-5-10)8-11(6-12)14-3/h9-11H,4-8,12H2,1-3H3. The third-order valence-electron chi connectivity index (χ3n) is 2.70. The zero-order valence-corrected chi connectivity index (χ0v) is 9.70. The van der Waals surface area contributed by atoms with Crippen LogP contribution in [0.1, 0.15) is 26.7 Å². The Labute approximate surface area is 87.6 Å². The lowest BCUT2D eigenvalue weighted by Crippen LogP contribution is -2.40. The fourth-order valence-electron chi connectivity index (χ4n) is 1.79. The van der Waals surface area contributed by atoms with Gasteiger partial charge < -0.3 is 10.5 Å². The van der Waals surface area contributed by atoms with Gasteiger partial charge in [-0.25, -0.2) is 0 Å². The second-order valence-electron chi connectivity index (χ2n) is 4.67. The molecular formula is C11H24N2O. The summed E-state index contributed by atoms with van der Waals surface area (Å²) in [7, 11) is 1.75. The van der Waals surface area contributed by atoms with Gasteiger partial charge in [0.05, 0.1) is 6.10 Å². The molecule has 1 aliphatic rings. The van der Waals surface area contributed by atoms with Crippen LogP contribution in [-0.2, 0) is 4.74 Å². The number of nitrogens with two attached hydrogens (primary N) is 1. The highest BCUT2D eigenvalue weighted by Gasteiger charge is 2.30. The smallest absolute Gasteiger partial charge is 0.0820 e. The Morgan fingerprint density at radius 1 is 1.36 bits per heavy atom. The van der Waals surface area contributed by atoms with Crippen LogP contribution in [-0.4, -0.2) is 43.8 Å². The molecule has 84 valence electrons. The molecule has 0 aromatic carbocycles. The second-order valence-corrected chi connectivity index (χ2v) is 4.67. The zero-order valence-electron chi connectivity index (χ0n) is 9.70. The number of rotatable bonds is 7. The first-order chi connectivity index (χ1) is 6.67. The molecule has 1 saturated carbocycles. The Kier molecular flexibility index (Phi) is 4.85. The molecule has 0 aromatic rings. The second kappa shape index (κ2) is 5.69. The summed E-state index contributed by atoms with van der Waals surface area (Å²) >= 11 is 0. The highest BCUT2D eigenvalue weighted by molar-refractivity contribution is 4.86. The Hall–Kier alpha value is -0.120. The van der Waals surface area contributed by atoms with Gasteiger partial charge in [-0.15, -0.1) is 0 Å². The molecule has 1 fully saturated rings. The number of ether oxygens (including phenoxy) is 1. The molecule has 2 N–H and O–H groups in total. The van der Waals surface area contributed by atoms with Gasteiger partial charge in [0.2, 0.25) is 0 Å². The van der Waals surface area contributed by atoms with Gasteiger partial charge in [-0.3, -0.25) is 4.90 Å². The van der Waals surface area contributed by atoms with Crippen LogP contribution < -0.4 is 5.73 Å². The molecule has 0 bridgehead atoms. The van der Waals surface area contributed by atoms with Crippen LogP contribution in [0, 0.1) is 5.92 Å². The fourth-order valence-corrected chi connectivity index (χ4v) is 1.79. The van der Waals surface area contributed by atoms with Crippen molar-refractivity contribution >= 4 is 0 Å². The Bertz CT molecular complexity index is 153. The van der Waals surface area contributed by atoms with Crippen LogP contribution in [0.4, 0.5) is 0 Å². The first kappa shape index (κ1) is 12.0. The molecule has 0 spiro atoms. The van der Waals surface area contributed by atoms with E-state index >= 15 is 0 Å². The lowest BCUT2D eigenvalue weighted by molar-refractivity contribution is 0.0628. The third-order valence-corrected chi connectivity index (χ3v) is 2.70. The highest BCUT2D eigenvalue weighted by Crippen LogP contribution is 2.27. The van der Waals surface area contributed by atoms with E-state index < -0.39 is 0 Å². The molecular weight excluding hydrogens is 176 g/mol. The molecule has 14 heavy (non-hydrogen) atoms. The molecule has 1 aliphatic carbocycles. The SMILES string of the molecule is COC(CN)CN(CC(C)C)C1CC1. The van der Waals surface area contributed by atoms with Crippen LogP contribution in [0.3, 0.4) is 0 Å². The van der Waals surface area contributed by atoms with E-state index in [9.17, 15) is 0 Å². The summed E-state index contributed by atoms with van der Waals surface area (Å²) in [4.78, 5) is 2.53. The van der Waals surface area contributed by atoms with Crippen molar-refractivity contribution in [1.82, 2.24) is 4.90 Å². The van der Waals surface area contributed by atoms with Gasteiger partial charge in [-0.2, -0.15) is 0 Å². The van der Waals surface area contributed by atoms with Crippen LogP contribution in [0.5, 0.6) is 0 Å². The minimum absolute atomic E-state index is 0.203. The Morgan fingerprint density at radius 3 is 2.36 bits per heavy atom. The van der Waals surface area contributed by atoms with Gasteiger partial charge in [-0.1, -0.05) is 13.8 Å². The molecule has 1 unspecified atom stereocenters. The zero-order chi connectivity index (χ0) is 10.6. The van der Waals surface area contributed by atoms with E-state index in [4.69, 9.17) is 10.5 Å². The highest BCUT2D eigenvalue weighted by atomic mass is 16.5. The molecule has 0 aliphatic heterocycles. The molecule has 0 radical (unpaired) electrons. The molecule has 0 aromatic heterocycles. The average Bonchev–Trinajstić information content (AvgIpc) is 2.94. The topological polar surface area (TPSA) is 38.5 Å². The van der Waals surface area contributed by atoms with Gasteiger partial charge >= 0.3 is 0 Å². The number of nitrogens with zero attached hydrogens (tertiary/aromatic N) is 1. The number of hydrogen-bond donors (Lipinski definition) is 1. The normalized spacial score (nSPS) is 19.3. The van der Waals surface area contributed by atoms with Crippen LogP contribution >= 0.6 is 0 Å². The molecule has 0 heterocycles. The average molecular weight is 200 g/mol. The first-order valence-corrected chi connectivity index (χ1v) is 5.64. The van der Waals surface area contributed by atoms with Gasteiger partial charge in [0, 0.05) is 32.8 Å². The van der Waals surface area contributed by atoms with Crippen LogP contribution in [0.15, 0.2) is 0 Å². The van der Waals surface area contributed by atoms with Crippen molar-refractivity contribution in [2.45, 2.75) is 38.8 Å². The number of hydrogen-bond acceptors (Lipinski definition) is 3. The summed E-state index contributed by atoms with van der Waals surface area (Å²) < 4.78 is 5.32. The maximum Gasteiger partial charge on any atom is 0.0820 e. The van der Waals surface area contributed by atoms with E-state index in [1.165, 1.54) is 19.4 Å². The van der Waals surface area contributed by atoms with Crippen molar-refractivity contribution in [3.8, 4) is 0 Å². The monoisotopic (exact) mass is 200 g/mol. The summed E-state index contributed by atoms with van der Waals surface area (Å²) in [5.41, 5.74) is 5.63. The lowest BCUT2D eigenvalue weighted by Gasteiger charge is -2.27.